The zero-order valence-electron chi connectivity index (χ0n) is 34.7. The number of H-pyrrole nitrogens is 1. The average molecular weight is 858 g/mol. The van der Waals surface area contributed by atoms with Crippen LogP contribution in [-0.2, 0) is 35.1 Å². The number of aromatic nitrogens is 1. The zero-order chi connectivity index (χ0) is 44.7. The second kappa shape index (κ2) is 19.1. The quantitative estimate of drug-likeness (QED) is 0.101. The van der Waals surface area contributed by atoms with Crippen molar-refractivity contribution in [3.63, 3.8) is 0 Å². The van der Waals surface area contributed by atoms with E-state index in [2.05, 4.69) is 15.6 Å². The molecule has 9 rings (SSSR count). The van der Waals surface area contributed by atoms with Crippen LogP contribution in [0.2, 0.25) is 0 Å². The van der Waals surface area contributed by atoms with Gasteiger partial charge in [-0.2, -0.15) is 0 Å². The predicted molar refractivity (Wildman–Crippen MR) is 236 cm³/mol. The number of para-hydroxylation sites is 1. The lowest BCUT2D eigenvalue weighted by atomic mass is 9.83. The van der Waals surface area contributed by atoms with Crippen molar-refractivity contribution in [2.75, 3.05) is 23.8 Å². The van der Waals surface area contributed by atoms with Crippen molar-refractivity contribution in [1.29, 1.82) is 0 Å². The number of amides is 2. The number of hydrogen-bond acceptors (Lipinski definition) is 10. The van der Waals surface area contributed by atoms with Crippen molar-refractivity contribution in [3.8, 4) is 0 Å². The lowest BCUT2D eigenvalue weighted by Crippen LogP contribution is -2.26. The number of ketones is 4. The Balaban J connectivity index is 0.000000178. The molecule has 0 saturated heterocycles. The van der Waals surface area contributed by atoms with Crippen molar-refractivity contribution in [3.05, 3.63) is 165 Å². The van der Waals surface area contributed by atoms with Crippen LogP contribution in [-0.4, -0.2) is 65.1 Å². The SMILES string of the molecule is O=C(COC(=O)CC1CCCC1)Nc1cccc2c1C(=O)c1ccccc1C2=O.O=C(COC(=O)CCCc1c[nH]c2ccccc12)Nc1ccc2c(c1)C(=O)c1ccccc1C2=O. The fraction of sp³-hybridized carbons (Fsp3) is 0.216. The van der Waals surface area contributed by atoms with Gasteiger partial charge in [0, 0.05) is 74.6 Å². The van der Waals surface area contributed by atoms with E-state index in [0.717, 1.165) is 48.6 Å². The number of fused-ring (bicyclic) bond motifs is 5. The van der Waals surface area contributed by atoms with E-state index in [4.69, 9.17) is 9.47 Å². The number of rotatable bonds is 12. The number of benzene rings is 5. The molecule has 1 heterocycles. The van der Waals surface area contributed by atoms with Crippen LogP contribution in [0.25, 0.3) is 10.9 Å². The minimum atomic E-state index is -0.544. The molecule has 0 unspecified atom stereocenters. The molecule has 2 amide bonds. The summed E-state index contributed by atoms with van der Waals surface area (Å²) in [4.78, 5) is 103. The Hall–Kier alpha value is -7.80. The molecule has 6 aromatic rings. The summed E-state index contributed by atoms with van der Waals surface area (Å²) in [7, 11) is 0. The third-order valence-corrected chi connectivity index (χ3v) is 11.6. The number of aromatic amines is 1. The highest BCUT2D eigenvalue weighted by Gasteiger charge is 2.32. The fourth-order valence-corrected chi connectivity index (χ4v) is 8.44. The van der Waals surface area contributed by atoms with Gasteiger partial charge in [-0.05, 0) is 67.5 Å². The van der Waals surface area contributed by atoms with Crippen LogP contribution in [0.5, 0.6) is 0 Å². The van der Waals surface area contributed by atoms with E-state index in [-0.39, 0.29) is 57.9 Å². The number of nitrogens with one attached hydrogen (secondary N) is 3. The molecule has 3 aliphatic rings. The maximum Gasteiger partial charge on any atom is 0.306 e. The Morgan fingerprint density at radius 2 is 1.14 bits per heavy atom. The fourth-order valence-electron chi connectivity index (χ4n) is 8.44. The summed E-state index contributed by atoms with van der Waals surface area (Å²) in [5.74, 6) is -2.64. The zero-order valence-corrected chi connectivity index (χ0v) is 34.7. The second-order valence-electron chi connectivity index (χ2n) is 15.9. The van der Waals surface area contributed by atoms with Crippen LogP contribution < -0.4 is 10.6 Å². The van der Waals surface area contributed by atoms with Gasteiger partial charge in [-0.3, -0.25) is 38.4 Å². The van der Waals surface area contributed by atoms with E-state index >= 15 is 0 Å². The first kappa shape index (κ1) is 42.9. The van der Waals surface area contributed by atoms with Crippen molar-refractivity contribution >= 4 is 69.2 Å². The number of anilines is 2. The number of carbonyl (C=O) groups is 8. The van der Waals surface area contributed by atoms with E-state index in [9.17, 15) is 38.4 Å². The topological polar surface area (TPSA) is 195 Å². The normalized spacial score (nSPS) is 13.8. The number of hydrogen-bond donors (Lipinski definition) is 3. The lowest BCUT2D eigenvalue weighted by molar-refractivity contribution is -0.148. The highest BCUT2D eigenvalue weighted by molar-refractivity contribution is 6.31. The third-order valence-electron chi connectivity index (χ3n) is 11.6. The maximum atomic E-state index is 12.9. The molecule has 0 aliphatic heterocycles. The standard InChI is InChI=1S/C28H22N2O5.C23H21NO5/c31-25(16-35-26(32)11-5-6-17-15-29-24-10-4-3-7-19(17)24)30-18-12-13-22-23(14-18)28(34)21-9-2-1-8-20(21)27(22)33;25-19(13-29-20(26)12-14-6-1-2-7-14)24-18-11-5-10-17-21(18)23(28)16-9-4-3-8-15(16)22(17)27/h1-4,7-10,12-15,29H,5-6,11,16H2,(H,30,31);3-5,8-11,14H,1-2,6-7,12-13H2,(H,24,25). The van der Waals surface area contributed by atoms with Crippen LogP contribution in [0.1, 0.15) is 114 Å². The summed E-state index contributed by atoms with van der Waals surface area (Å²) in [6.45, 7) is -0.855. The summed E-state index contributed by atoms with van der Waals surface area (Å²) < 4.78 is 10.2. The van der Waals surface area contributed by atoms with Crippen LogP contribution in [0, 0.1) is 5.92 Å². The molecule has 3 N–H and O–H groups in total. The number of aryl methyl sites for hydroxylation is 1. The molecular formula is C51H43N3O10. The van der Waals surface area contributed by atoms with Gasteiger partial charge in [0.2, 0.25) is 0 Å². The van der Waals surface area contributed by atoms with E-state index < -0.39 is 31.0 Å². The van der Waals surface area contributed by atoms with Gasteiger partial charge < -0.3 is 25.1 Å². The van der Waals surface area contributed by atoms with Gasteiger partial charge in [-0.15, -0.1) is 0 Å². The van der Waals surface area contributed by atoms with Gasteiger partial charge in [0.05, 0.1) is 11.3 Å². The summed E-state index contributed by atoms with van der Waals surface area (Å²) in [5.41, 5.74) is 5.13. The molecular weight excluding hydrogens is 815 g/mol. The Kier molecular flexibility index (Phi) is 12.8. The van der Waals surface area contributed by atoms with Gasteiger partial charge in [0.25, 0.3) is 11.8 Å². The highest BCUT2D eigenvalue weighted by Crippen LogP contribution is 2.33. The third kappa shape index (κ3) is 9.33. The maximum absolute atomic E-state index is 12.9. The summed E-state index contributed by atoms with van der Waals surface area (Å²) in [6.07, 6.45) is 8.10. The van der Waals surface area contributed by atoms with Crippen LogP contribution in [0.3, 0.4) is 0 Å². The van der Waals surface area contributed by atoms with Gasteiger partial charge in [0.1, 0.15) is 0 Å². The average Bonchev–Trinajstić information content (AvgIpc) is 3.99. The minimum absolute atomic E-state index is 0.168. The largest absolute Gasteiger partial charge is 0.456 e. The van der Waals surface area contributed by atoms with E-state index in [1.807, 2.05) is 30.5 Å². The molecule has 0 spiro atoms. The molecule has 322 valence electrons. The molecule has 1 fully saturated rings. The molecule has 0 radical (unpaired) electrons. The molecule has 1 aromatic heterocycles. The van der Waals surface area contributed by atoms with Gasteiger partial charge in [0.15, 0.2) is 36.3 Å². The van der Waals surface area contributed by atoms with E-state index in [0.29, 0.717) is 52.3 Å². The van der Waals surface area contributed by atoms with Crippen molar-refractivity contribution in [1.82, 2.24) is 4.98 Å². The summed E-state index contributed by atoms with van der Waals surface area (Å²) in [6, 6.07) is 30.6. The minimum Gasteiger partial charge on any atom is -0.456 e. The van der Waals surface area contributed by atoms with Gasteiger partial charge >= 0.3 is 11.9 Å². The van der Waals surface area contributed by atoms with E-state index in [1.54, 1.807) is 72.8 Å². The van der Waals surface area contributed by atoms with Crippen LogP contribution in [0.4, 0.5) is 11.4 Å². The lowest BCUT2D eigenvalue weighted by Gasteiger charge is -2.20. The van der Waals surface area contributed by atoms with Crippen LogP contribution >= 0.6 is 0 Å². The molecule has 13 heteroatoms. The second-order valence-corrected chi connectivity index (χ2v) is 15.9. The Morgan fingerprint density at radius 1 is 0.578 bits per heavy atom. The van der Waals surface area contributed by atoms with E-state index in [1.165, 1.54) is 12.1 Å². The smallest absolute Gasteiger partial charge is 0.306 e. The molecule has 5 aromatic carbocycles. The van der Waals surface area contributed by atoms with Gasteiger partial charge in [-0.25, -0.2) is 0 Å². The van der Waals surface area contributed by atoms with Crippen molar-refractivity contribution in [2.45, 2.75) is 51.4 Å². The number of carbonyl (C=O) groups excluding carboxylic acids is 8. The number of ether oxygens (including phenoxy) is 2. The summed E-state index contributed by atoms with van der Waals surface area (Å²) in [5, 5.41) is 6.37. The molecule has 3 aliphatic carbocycles. The number of esters is 2. The summed E-state index contributed by atoms with van der Waals surface area (Å²) >= 11 is 0. The molecule has 64 heavy (non-hydrogen) atoms. The first-order chi connectivity index (χ1) is 31.0. The molecule has 1 saturated carbocycles. The molecule has 0 atom stereocenters. The predicted octanol–water partition coefficient (Wildman–Crippen LogP) is 7.97. The van der Waals surface area contributed by atoms with Crippen LogP contribution in [0.15, 0.2) is 115 Å². The van der Waals surface area contributed by atoms with Gasteiger partial charge in [-0.1, -0.05) is 91.7 Å². The molecule has 13 nitrogen and oxygen atoms in total. The van der Waals surface area contributed by atoms with Crippen molar-refractivity contribution in [2.24, 2.45) is 5.92 Å². The Morgan fingerprint density at radius 3 is 1.84 bits per heavy atom. The molecule has 0 bridgehead atoms. The highest BCUT2D eigenvalue weighted by atomic mass is 16.5. The van der Waals surface area contributed by atoms with Crippen molar-refractivity contribution < 1.29 is 47.8 Å². The first-order valence-corrected chi connectivity index (χ1v) is 21.2. The monoisotopic (exact) mass is 857 g/mol. The Labute approximate surface area is 367 Å². The first-order valence-electron chi connectivity index (χ1n) is 21.2. The Bertz CT molecular complexity index is 2870.